The molecule has 0 aliphatic carbocycles. The number of aromatic nitrogens is 3. The Morgan fingerprint density at radius 1 is 1.14 bits per heavy atom. The summed E-state index contributed by atoms with van der Waals surface area (Å²) in [4.78, 5) is 38.5. The lowest BCUT2D eigenvalue weighted by molar-refractivity contribution is -0.154. The van der Waals surface area contributed by atoms with Crippen molar-refractivity contribution < 1.29 is 19.3 Å². The van der Waals surface area contributed by atoms with E-state index in [2.05, 4.69) is 27.2 Å². The summed E-state index contributed by atoms with van der Waals surface area (Å²) in [5, 5.41) is 6.65. The molecule has 1 saturated heterocycles. The van der Waals surface area contributed by atoms with E-state index in [9.17, 15) is 4.79 Å². The van der Waals surface area contributed by atoms with Gasteiger partial charge in [-0.25, -0.2) is 24.6 Å². The van der Waals surface area contributed by atoms with Crippen LogP contribution >= 0.6 is 11.3 Å². The fourth-order valence-electron chi connectivity index (χ4n) is 3.93. The zero-order valence-electron chi connectivity index (χ0n) is 20.0. The number of likely N-dealkylation sites (tertiary alicyclic amines) is 1. The zero-order chi connectivity index (χ0) is 24.7. The van der Waals surface area contributed by atoms with Crippen molar-refractivity contribution in [3.05, 3.63) is 54.2 Å². The number of ether oxygens (including phenoxy) is 1. The second-order valence-electron chi connectivity index (χ2n) is 8.42. The fraction of sp³-hybridized carbons (Fsp3) is 0.308. The SMILES string of the molecule is CCCOc1cccc(Nc2ncc3cc(-c4nccs4)c(OOC(=O)N4CCCCC4)cc3n2)c1. The number of hydrogen-bond acceptors (Lipinski definition) is 9. The molecule has 36 heavy (non-hydrogen) atoms. The molecule has 9 nitrogen and oxygen atoms in total. The van der Waals surface area contributed by atoms with E-state index >= 15 is 0 Å². The number of rotatable bonds is 8. The van der Waals surface area contributed by atoms with Gasteiger partial charge in [0.25, 0.3) is 0 Å². The average Bonchev–Trinajstić information content (AvgIpc) is 3.46. The van der Waals surface area contributed by atoms with Crippen molar-refractivity contribution in [2.75, 3.05) is 25.0 Å². The summed E-state index contributed by atoms with van der Waals surface area (Å²) in [6, 6.07) is 11.3. The zero-order valence-corrected chi connectivity index (χ0v) is 20.8. The maximum absolute atomic E-state index is 12.5. The third-order valence-electron chi connectivity index (χ3n) is 5.72. The molecule has 0 spiro atoms. The second-order valence-corrected chi connectivity index (χ2v) is 9.31. The van der Waals surface area contributed by atoms with Gasteiger partial charge >= 0.3 is 6.09 Å². The molecule has 4 aromatic rings. The molecule has 2 aromatic carbocycles. The van der Waals surface area contributed by atoms with E-state index in [0.717, 1.165) is 47.5 Å². The van der Waals surface area contributed by atoms with Crippen LogP contribution in [-0.4, -0.2) is 45.6 Å². The van der Waals surface area contributed by atoms with Crippen LogP contribution in [0.15, 0.2) is 54.2 Å². The number of carbonyl (C=O) groups is 1. The van der Waals surface area contributed by atoms with Gasteiger partial charge in [-0.3, -0.25) is 4.89 Å². The Morgan fingerprint density at radius 2 is 2.03 bits per heavy atom. The first-order chi connectivity index (χ1) is 17.7. The van der Waals surface area contributed by atoms with Gasteiger partial charge in [0.1, 0.15) is 10.8 Å². The third kappa shape index (κ3) is 5.65. The Morgan fingerprint density at radius 3 is 2.83 bits per heavy atom. The van der Waals surface area contributed by atoms with Crippen molar-refractivity contribution in [3.63, 3.8) is 0 Å². The second kappa shape index (κ2) is 11.2. The standard InChI is InChI=1S/C26H27N5O4S/c1-2-12-33-20-8-6-7-19(15-20)29-25-28-17-18-14-21(24-27-9-13-36-24)23(16-22(18)30-25)34-35-26(32)31-10-4-3-5-11-31/h6-9,13-17H,2-5,10-12H2,1H3,(H,28,29,30). The predicted molar refractivity (Wildman–Crippen MR) is 139 cm³/mol. The molecule has 1 aliphatic heterocycles. The first-order valence-electron chi connectivity index (χ1n) is 12.0. The maximum Gasteiger partial charge on any atom is 0.452 e. The maximum atomic E-state index is 12.5. The summed E-state index contributed by atoms with van der Waals surface area (Å²) in [6.45, 7) is 4.07. The molecule has 2 aromatic heterocycles. The van der Waals surface area contributed by atoms with E-state index in [4.69, 9.17) is 14.5 Å². The van der Waals surface area contributed by atoms with Crippen LogP contribution in [-0.2, 0) is 4.89 Å². The quantitative estimate of drug-likeness (QED) is 0.223. The van der Waals surface area contributed by atoms with Crippen molar-refractivity contribution >= 4 is 40.0 Å². The van der Waals surface area contributed by atoms with Crippen LogP contribution in [0.3, 0.4) is 0 Å². The predicted octanol–water partition coefficient (Wildman–Crippen LogP) is 6.20. The molecular formula is C26H27N5O4S. The van der Waals surface area contributed by atoms with E-state index in [0.29, 0.717) is 42.5 Å². The number of hydrogen-bond donors (Lipinski definition) is 1. The van der Waals surface area contributed by atoms with Gasteiger partial charge in [-0.2, -0.15) is 0 Å². The van der Waals surface area contributed by atoms with Crippen molar-refractivity contribution in [1.82, 2.24) is 19.9 Å². The van der Waals surface area contributed by atoms with Gasteiger partial charge in [0.15, 0.2) is 5.75 Å². The van der Waals surface area contributed by atoms with Crippen LogP contribution in [0.2, 0.25) is 0 Å². The normalized spacial score (nSPS) is 13.4. The molecule has 1 N–H and O–H groups in total. The van der Waals surface area contributed by atoms with Crippen molar-refractivity contribution in [2.45, 2.75) is 32.6 Å². The Bertz CT molecular complexity index is 1330. The largest absolute Gasteiger partial charge is 0.494 e. The Balaban J connectivity index is 1.40. The van der Waals surface area contributed by atoms with Gasteiger partial charge in [0.2, 0.25) is 5.95 Å². The summed E-state index contributed by atoms with van der Waals surface area (Å²) < 4.78 is 5.71. The lowest BCUT2D eigenvalue weighted by atomic mass is 10.1. The average molecular weight is 506 g/mol. The number of piperidine rings is 1. The number of nitrogens with zero attached hydrogens (tertiary/aromatic N) is 4. The van der Waals surface area contributed by atoms with Gasteiger partial charge < -0.3 is 15.0 Å². The molecule has 10 heteroatoms. The van der Waals surface area contributed by atoms with E-state index in [1.807, 2.05) is 35.7 Å². The first-order valence-corrected chi connectivity index (χ1v) is 12.9. The minimum Gasteiger partial charge on any atom is -0.494 e. The molecular weight excluding hydrogens is 478 g/mol. The molecule has 3 heterocycles. The van der Waals surface area contributed by atoms with Gasteiger partial charge in [-0.15, -0.1) is 11.3 Å². The number of amides is 1. The first kappa shape index (κ1) is 23.8. The minimum atomic E-state index is -0.491. The van der Waals surface area contributed by atoms with E-state index in [1.54, 1.807) is 23.4 Å². The lowest BCUT2D eigenvalue weighted by Gasteiger charge is -2.24. The third-order valence-corrected chi connectivity index (χ3v) is 6.53. The number of thiazole rings is 1. The van der Waals surface area contributed by atoms with Crippen LogP contribution in [0.5, 0.6) is 11.5 Å². The van der Waals surface area contributed by atoms with Crippen molar-refractivity contribution in [1.29, 1.82) is 0 Å². The molecule has 1 aliphatic rings. The molecule has 0 bridgehead atoms. The highest BCUT2D eigenvalue weighted by Crippen LogP contribution is 2.35. The van der Waals surface area contributed by atoms with E-state index in [1.165, 1.54) is 11.3 Å². The molecule has 0 radical (unpaired) electrons. The van der Waals surface area contributed by atoms with Gasteiger partial charge in [-0.1, -0.05) is 13.0 Å². The van der Waals surface area contributed by atoms with Crippen molar-refractivity contribution in [3.8, 4) is 22.1 Å². The molecule has 186 valence electrons. The lowest BCUT2D eigenvalue weighted by Crippen LogP contribution is -2.36. The molecule has 1 fully saturated rings. The molecule has 1 amide bonds. The van der Waals surface area contributed by atoms with E-state index in [-0.39, 0.29) is 0 Å². The molecule has 0 saturated carbocycles. The summed E-state index contributed by atoms with van der Waals surface area (Å²) >= 11 is 1.47. The van der Waals surface area contributed by atoms with Crippen LogP contribution in [0.4, 0.5) is 16.4 Å². The number of nitrogens with one attached hydrogen (secondary N) is 1. The Kier molecular flexibility index (Phi) is 7.41. The van der Waals surface area contributed by atoms with Crippen LogP contribution in [0.25, 0.3) is 21.5 Å². The highest BCUT2D eigenvalue weighted by atomic mass is 32.1. The van der Waals surface area contributed by atoms with E-state index < -0.39 is 6.09 Å². The van der Waals surface area contributed by atoms with Gasteiger partial charge in [0.05, 0.1) is 17.7 Å². The van der Waals surface area contributed by atoms with Gasteiger partial charge in [0, 0.05) is 54.1 Å². The molecule has 0 atom stereocenters. The number of benzene rings is 2. The van der Waals surface area contributed by atoms with Crippen LogP contribution in [0.1, 0.15) is 32.6 Å². The Hall–Kier alpha value is -3.92. The smallest absolute Gasteiger partial charge is 0.452 e. The number of anilines is 2. The minimum absolute atomic E-state index is 0.363. The highest BCUT2D eigenvalue weighted by molar-refractivity contribution is 7.13. The fourth-order valence-corrected chi connectivity index (χ4v) is 4.59. The van der Waals surface area contributed by atoms with Gasteiger partial charge in [-0.05, 0) is 43.9 Å². The summed E-state index contributed by atoms with van der Waals surface area (Å²) in [7, 11) is 0. The summed E-state index contributed by atoms with van der Waals surface area (Å²) in [6.07, 6.45) is 6.96. The summed E-state index contributed by atoms with van der Waals surface area (Å²) in [5.41, 5.74) is 2.15. The highest BCUT2D eigenvalue weighted by Gasteiger charge is 2.21. The molecule has 5 rings (SSSR count). The molecule has 0 unspecified atom stereocenters. The summed E-state index contributed by atoms with van der Waals surface area (Å²) in [5.74, 6) is 1.57. The number of carbonyl (C=O) groups excluding carboxylic acids is 1. The van der Waals surface area contributed by atoms with Crippen molar-refractivity contribution in [2.24, 2.45) is 0 Å². The van der Waals surface area contributed by atoms with Crippen LogP contribution in [0, 0.1) is 0 Å². The monoisotopic (exact) mass is 505 g/mol. The topological polar surface area (TPSA) is 98.7 Å². The van der Waals surface area contributed by atoms with Crippen LogP contribution < -0.4 is 14.9 Å². The Labute approximate surface area is 213 Å². The number of fused-ring (bicyclic) bond motifs is 1.